The molecule has 1 atom stereocenters. The van der Waals surface area contributed by atoms with Gasteiger partial charge in [0.1, 0.15) is 0 Å². The summed E-state index contributed by atoms with van der Waals surface area (Å²) in [7, 11) is 0. The molecule has 1 aromatic carbocycles. The molecule has 0 aromatic heterocycles. The number of halogens is 3. The third-order valence-electron chi connectivity index (χ3n) is 3.93. The summed E-state index contributed by atoms with van der Waals surface area (Å²) in [4.78, 5) is 0. The first-order valence-electron chi connectivity index (χ1n) is 6.78. The Balaban J connectivity index is 2.09. The first kappa shape index (κ1) is 15.5. The summed E-state index contributed by atoms with van der Waals surface area (Å²) in [5, 5.41) is 4.90. The van der Waals surface area contributed by atoms with Crippen LogP contribution in [0.15, 0.2) is 16.6 Å². The highest BCUT2D eigenvalue weighted by atomic mass is 79.9. The van der Waals surface area contributed by atoms with Crippen molar-refractivity contribution in [1.29, 1.82) is 0 Å². The van der Waals surface area contributed by atoms with Crippen molar-refractivity contribution in [3.8, 4) is 0 Å². The highest BCUT2D eigenvalue weighted by Crippen LogP contribution is 2.38. The molecule has 1 aromatic rings. The van der Waals surface area contributed by atoms with Gasteiger partial charge < -0.3 is 5.32 Å². The highest BCUT2D eigenvalue weighted by molar-refractivity contribution is 9.10. The number of rotatable bonds is 2. The minimum absolute atomic E-state index is 0.462. The van der Waals surface area contributed by atoms with Crippen molar-refractivity contribution in [1.82, 2.24) is 0 Å². The van der Waals surface area contributed by atoms with E-state index < -0.39 is 0 Å². The molecule has 0 radical (unpaired) electrons. The predicted molar refractivity (Wildman–Crippen MR) is 88.4 cm³/mol. The average molecular weight is 365 g/mol. The van der Waals surface area contributed by atoms with E-state index >= 15 is 0 Å². The van der Waals surface area contributed by atoms with Crippen molar-refractivity contribution < 1.29 is 0 Å². The SMILES string of the molecule is CC1(C)CCCC(Nc2c(Cl)cc(Br)cc2Cl)CC1. The van der Waals surface area contributed by atoms with E-state index in [4.69, 9.17) is 23.2 Å². The summed E-state index contributed by atoms with van der Waals surface area (Å²) < 4.78 is 0.912. The molecular formula is C15H20BrCl2N. The van der Waals surface area contributed by atoms with Crippen LogP contribution in [0.5, 0.6) is 0 Å². The van der Waals surface area contributed by atoms with Gasteiger partial charge in [0.15, 0.2) is 0 Å². The van der Waals surface area contributed by atoms with Gasteiger partial charge in [-0.2, -0.15) is 0 Å². The summed E-state index contributed by atoms with van der Waals surface area (Å²) in [6.07, 6.45) is 6.17. The Bertz CT molecular complexity index is 436. The third kappa shape index (κ3) is 4.27. The van der Waals surface area contributed by atoms with Gasteiger partial charge in [-0.1, -0.05) is 59.4 Å². The Morgan fingerprint density at radius 1 is 1.16 bits per heavy atom. The molecule has 0 amide bonds. The zero-order valence-electron chi connectivity index (χ0n) is 11.4. The van der Waals surface area contributed by atoms with Crippen LogP contribution >= 0.6 is 39.1 Å². The highest BCUT2D eigenvalue weighted by Gasteiger charge is 2.25. The van der Waals surface area contributed by atoms with Gasteiger partial charge in [0.25, 0.3) is 0 Å². The van der Waals surface area contributed by atoms with Crippen LogP contribution in [0.1, 0.15) is 46.0 Å². The second-order valence-corrected chi connectivity index (χ2v) is 7.91. The van der Waals surface area contributed by atoms with Gasteiger partial charge in [-0.25, -0.2) is 0 Å². The normalized spacial score (nSPS) is 22.9. The molecule has 1 aliphatic carbocycles. The van der Waals surface area contributed by atoms with Gasteiger partial charge in [-0.3, -0.25) is 0 Å². The summed E-state index contributed by atoms with van der Waals surface area (Å²) >= 11 is 16.0. The minimum atomic E-state index is 0.462. The van der Waals surface area contributed by atoms with E-state index in [1.807, 2.05) is 12.1 Å². The first-order valence-corrected chi connectivity index (χ1v) is 8.33. The lowest BCUT2D eigenvalue weighted by molar-refractivity contribution is 0.313. The van der Waals surface area contributed by atoms with Crippen LogP contribution < -0.4 is 5.32 Å². The van der Waals surface area contributed by atoms with Crippen LogP contribution in [0.25, 0.3) is 0 Å². The molecule has 0 aliphatic heterocycles. The molecule has 0 bridgehead atoms. The van der Waals surface area contributed by atoms with Crippen molar-refractivity contribution in [2.45, 2.75) is 52.0 Å². The summed E-state index contributed by atoms with van der Waals surface area (Å²) in [6, 6.07) is 4.24. The topological polar surface area (TPSA) is 12.0 Å². The molecule has 0 heterocycles. The zero-order chi connectivity index (χ0) is 14.0. The molecule has 106 valence electrons. The average Bonchev–Trinajstić information content (AvgIpc) is 2.45. The van der Waals surface area contributed by atoms with Crippen LogP contribution in [0.2, 0.25) is 10.0 Å². The van der Waals surface area contributed by atoms with E-state index in [9.17, 15) is 0 Å². The molecule has 4 heteroatoms. The molecule has 1 saturated carbocycles. The molecule has 2 rings (SSSR count). The first-order chi connectivity index (χ1) is 8.87. The smallest absolute Gasteiger partial charge is 0.0721 e. The Hall–Kier alpha value is 0.0800. The van der Waals surface area contributed by atoms with Gasteiger partial charge in [0.2, 0.25) is 0 Å². The minimum Gasteiger partial charge on any atom is -0.380 e. The van der Waals surface area contributed by atoms with Gasteiger partial charge in [-0.15, -0.1) is 0 Å². The largest absolute Gasteiger partial charge is 0.380 e. The molecule has 19 heavy (non-hydrogen) atoms. The lowest BCUT2D eigenvalue weighted by Gasteiger charge is -2.23. The zero-order valence-corrected chi connectivity index (χ0v) is 14.5. The van der Waals surface area contributed by atoms with Crippen molar-refractivity contribution in [3.63, 3.8) is 0 Å². The fourth-order valence-corrected chi connectivity index (χ4v) is 4.01. The second-order valence-electron chi connectivity index (χ2n) is 6.18. The van der Waals surface area contributed by atoms with Crippen LogP contribution in [0.3, 0.4) is 0 Å². The molecular weight excluding hydrogens is 345 g/mol. The Morgan fingerprint density at radius 3 is 2.42 bits per heavy atom. The summed E-state index contributed by atoms with van der Waals surface area (Å²) in [5.74, 6) is 0. The number of benzene rings is 1. The van der Waals surface area contributed by atoms with Gasteiger partial charge in [-0.05, 0) is 43.2 Å². The second kappa shape index (κ2) is 6.24. The van der Waals surface area contributed by atoms with E-state index in [-0.39, 0.29) is 0 Å². The number of hydrogen-bond acceptors (Lipinski definition) is 1. The molecule has 1 aliphatic rings. The lowest BCUT2D eigenvalue weighted by atomic mass is 9.85. The van der Waals surface area contributed by atoms with E-state index in [0.29, 0.717) is 21.5 Å². The molecule has 0 saturated heterocycles. The number of hydrogen-bond donors (Lipinski definition) is 1. The molecule has 1 unspecified atom stereocenters. The number of nitrogens with one attached hydrogen (secondary N) is 1. The third-order valence-corrected chi connectivity index (χ3v) is 4.99. The number of anilines is 1. The van der Waals surface area contributed by atoms with Crippen LogP contribution in [-0.2, 0) is 0 Å². The maximum Gasteiger partial charge on any atom is 0.0721 e. The maximum atomic E-state index is 6.27. The Morgan fingerprint density at radius 2 is 1.79 bits per heavy atom. The van der Waals surface area contributed by atoms with Crippen molar-refractivity contribution >= 4 is 44.8 Å². The van der Waals surface area contributed by atoms with Crippen molar-refractivity contribution in [2.75, 3.05) is 5.32 Å². The summed E-state index contributed by atoms with van der Waals surface area (Å²) in [5.41, 5.74) is 1.33. The Labute approximate surface area is 134 Å². The van der Waals surface area contributed by atoms with Gasteiger partial charge in [0, 0.05) is 10.5 Å². The fraction of sp³-hybridized carbons (Fsp3) is 0.600. The molecule has 1 fully saturated rings. The fourth-order valence-electron chi connectivity index (χ4n) is 2.69. The molecule has 0 spiro atoms. The standard InChI is InChI=1S/C15H20BrCl2N/c1-15(2)6-3-4-11(5-7-15)19-14-12(17)8-10(16)9-13(14)18/h8-9,11,19H,3-7H2,1-2H3. The predicted octanol–water partition coefficient (Wildman–Crippen LogP) is 6.53. The van der Waals surface area contributed by atoms with Crippen molar-refractivity contribution in [3.05, 3.63) is 26.7 Å². The van der Waals surface area contributed by atoms with Crippen LogP contribution in [0, 0.1) is 5.41 Å². The van der Waals surface area contributed by atoms with Crippen LogP contribution in [-0.4, -0.2) is 6.04 Å². The maximum absolute atomic E-state index is 6.27. The van der Waals surface area contributed by atoms with Crippen LogP contribution in [0.4, 0.5) is 5.69 Å². The molecule has 1 nitrogen and oxygen atoms in total. The molecule has 1 N–H and O–H groups in total. The summed E-state index contributed by atoms with van der Waals surface area (Å²) in [6.45, 7) is 4.71. The van der Waals surface area contributed by atoms with E-state index in [0.717, 1.165) is 10.2 Å². The Kier molecular flexibility index (Phi) is 5.08. The van der Waals surface area contributed by atoms with Gasteiger partial charge >= 0.3 is 0 Å². The van der Waals surface area contributed by atoms with E-state index in [2.05, 4.69) is 35.1 Å². The van der Waals surface area contributed by atoms with E-state index in [1.165, 1.54) is 32.1 Å². The monoisotopic (exact) mass is 363 g/mol. The van der Waals surface area contributed by atoms with Gasteiger partial charge in [0.05, 0.1) is 15.7 Å². The lowest BCUT2D eigenvalue weighted by Crippen LogP contribution is -2.19. The van der Waals surface area contributed by atoms with Crippen molar-refractivity contribution in [2.24, 2.45) is 5.41 Å². The quantitative estimate of drug-likeness (QED) is 0.588. The van der Waals surface area contributed by atoms with E-state index in [1.54, 1.807) is 0 Å².